The number of guanidine groups is 1. The lowest BCUT2D eigenvalue weighted by Gasteiger charge is -2.26. The molecule has 3 aromatic rings. The number of nitrogens with two attached hydrogens (primary N) is 2. The largest absolute Gasteiger partial charge is 0.494 e. The number of carbonyl (C=O) groups excluding carboxylic acids is 1. The van der Waals surface area contributed by atoms with E-state index >= 15 is 0 Å². The third-order valence-electron chi connectivity index (χ3n) is 5.67. The van der Waals surface area contributed by atoms with Gasteiger partial charge in [0.25, 0.3) is 5.91 Å². The molecule has 0 spiro atoms. The lowest BCUT2D eigenvalue weighted by Crippen LogP contribution is -2.32. The number of anilines is 4. The number of nitriles is 2. The SMILES string of the molecule is CCOc1ccc(NC(=O)COc2ccc(C3N=C(NC#N)Nc4nc(N)c(C#N)c(N)c43)cc2OC)cc1. The fourth-order valence-electron chi connectivity index (χ4n) is 3.94. The molecule has 0 aliphatic carbocycles. The molecule has 2 heterocycles. The maximum absolute atomic E-state index is 12.4. The molecule has 39 heavy (non-hydrogen) atoms. The number of carbonyl (C=O) groups is 1. The van der Waals surface area contributed by atoms with Crippen LogP contribution in [0.1, 0.15) is 29.7 Å². The lowest BCUT2D eigenvalue weighted by molar-refractivity contribution is -0.118. The van der Waals surface area contributed by atoms with Crippen LogP contribution in [0.4, 0.5) is 23.0 Å². The van der Waals surface area contributed by atoms with Crippen molar-refractivity contribution in [2.45, 2.75) is 13.0 Å². The van der Waals surface area contributed by atoms with E-state index in [0.717, 1.165) is 0 Å². The minimum absolute atomic E-state index is 0.0258. The minimum atomic E-state index is -0.761. The smallest absolute Gasteiger partial charge is 0.262 e. The van der Waals surface area contributed by atoms with Crippen molar-refractivity contribution in [1.82, 2.24) is 10.3 Å². The number of nitrogens with one attached hydrogen (secondary N) is 3. The van der Waals surface area contributed by atoms with Gasteiger partial charge in [-0.05, 0) is 48.9 Å². The van der Waals surface area contributed by atoms with Crippen LogP contribution in [-0.4, -0.2) is 37.2 Å². The molecule has 2 aromatic carbocycles. The highest BCUT2D eigenvalue weighted by atomic mass is 16.5. The van der Waals surface area contributed by atoms with Gasteiger partial charge in [-0.25, -0.2) is 9.98 Å². The van der Waals surface area contributed by atoms with Gasteiger partial charge in [0.1, 0.15) is 35.1 Å². The first-order chi connectivity index (χ1) is 18.9. The maximum Gasteiger partial charge on any atom is 0.262 e. The zero-order valence-corrected chi connectivity index (χ0v) is 21.1. The second kappa shape index (κ2) is 11.6. The number of nitrogen functional groups attached to an aromatic ring is 2. The summed E-state index contributed by atoms with van der Waals surface area (Å²) in [5.74, 6) is 1.31. The molecule has 0 fully saturated rings. The highest BCUT2D eigenvalue weighted by Crippen LogP contribution is 2.42. The first-order valence-electron chi connectivity index (χ1n) is 11.7. The summed E-state index contributed by atoms with van der Waals surface area (Å²) >= 11 is 0. The van der Waals surface area contributed by atoms with E-state index in [1.807, 2.05) is 13.0 Å². The molecule has 1 aliphatic heterocycles. The second-order valence-electron chi connectivity index (χ2n) is 8.11. The summed E-state index contributed by atoms with van der Waals surface area (Å²) in [5, 5.41) is 26.7. The van der Waals surface area contributed by atoms with Crippen molar-refractivity contribution in [3.05, 3.63) is 59.2 Å². The topological polar surface area (TPSA) is 206 Å². The summed E-state index contributed by atoms with van der Waals surface area (Å²) in [4.78, 5) is 21.2. The number of hydrogen-bond donors (Lipinski definition) is 5. The van der Waals surface area contributed by atoms with Gasteiger partial charge in [-0.2, -0.15) is 10.5 Å². The number of hydrogen-bond acceptors (Lipinski definition) is 12. The summed E-state index contributed by atoms with van der Waals surface area (Å²) < 4.78 is 16.6. The van der Waals surface area contributed by atoms with Gasteiger partial charge in [-0.1, -0.05) is 6.07 Å². The number of fused-ring (bicyclic) bond motifs is 1. The Kier molecular flexibility index (Phi) is 7.83. The zero-order valence-electron chi connectivity index (χ0n) is 21.1. The summed E-state index contributed by atoms with van der Waals surface area (Å²) in [6.07, 6.45) is 1.80. The molecular weight excluding hydrogens is 502 g/mol. The van der Waals surface area contributed by atoms with E-state index in [1.54, 1.807) is 48.7 Å². The molecule has 13 nitrogen and oxygen atoms in total. The number of methoxy groups -OCH3 is 1. The van der Waals surface area contributed by atoms with Crippen molar-refractivity contribution in [1.29, 1.82) is 10.5 Å². The van der Waals surface area contributed by atoms with Crippen LogP contribution < -0.4 is 41.6 Å². The van der Waals surface area contributed by atoms with E-state index in [-0.39, 0.29) is 41.4 Å². The Morgan fingerprint density at radius 3 is 2.56 bits per heavy atom. The molecule has 13 heteroatoms. The van der Waals surface area contributed by atoms with Gasteiger partial charge >= 0.3 is 0 Å². The highest BCUT2D eigenvalue weighted by molar-refractivity contribution is 5.98. The van der Waals surface area contributed by atoms with Crippen molar-refractivity contribution >= 4 is 34.9 Å². The van der Waals surface area contributed by atoms with Crippen LogP contribution in [-0.2, 0) is 4.79 Å². The van der Waals surface area contributed by atoms with Crippen molar-refractivity contribution < 1.29 is 19.0 Å². The lowest BCUT2D eigenvalue weighted by atomic mass is 9.95. The fourth-order valence-corrected chi connectivity index (χ4v) is 3.94. The van der Waals surface area contributed by atoms with Gasteiger partial charge < -0.3 is 36.3 Å². The van der Waals surface area contributed by atoms with Gasteiger partial charge in [0.2, 0.25) is 5.96 Å². The second-order valence-corrected chi connectivity index (χ2v) is 8.11. The standard InChI is InChI=1S/C26H25N9O4/c1-3-38-16-7-5-15(6-8-16)32-20(36)12-39-18-9-4-14(10-19(18)37-2)23-21-22(29)17(11-27)24(30)34-25(21)35-26(33-23)31-13-28/h4-10,23H,3,12H2,1-2H3,(H,32,36)(H6,29,30,31,33,34,35). The molecule has 0 saturated carbocycles. The number of nitrogens with zero attached hydrogens (tertiary/aromatic N) is 4. The third-order valence-corrected chi connectivity index (χ3v) is 5.67. The Labute approximate surface area is 224 Å². The van der Waals surface area contributed by atoms with E-state index in [0.29, 0.717) is 40.7 Å². The van der Waals surface area contributed by atoms with Crippen LogP contribution in [0.3, 0.4) is 0 Å². The van der Waals surface area contributed by atoms with Crippen LogP contribution in [0.5, 0.6) is 17.2 Å². The molecule has 4 rings (SSSR count). The van der Waals surface area contributed by atoms with Crippen molar-refractivity contribution in [2.75, 3.05) is 42.4 Å². The van der Waals surface area contributed by atoms with E-state index in [9.17, 15) is 10.1 Å². The Bertz CT molecular complexity index is 1510. The number of pyridine rings is 1. The highest BCUT2D eigenvalue weighted by Gasteiger charge is 2.30. The molecule has 1 atom stereocenters. The van der Waals surface area contributed by atoms with E-state index in [4.69, 9.17) is 30.9 Å². The summed E-state index contributed by atoms with van der Waals surface area (Å²) in [7, 11) is 1.46. The molecule has 0 bridgehead atoms. The average molecular weight is 528 g/mol. The molecule has 198 valence electrons. The van der Waals surface area contributed by atoms with Crippen LogP contribution >= 0.6 is 0 Å². The molecule has 1 amide bonds. The quantitative estimate of drug-likeness (QED) is 0.212. The number of aromatic nitrogens is 1. The molecule has 0 radical (unpaired) electrons. The molecule has 7 N–H and O–H groups in total. The molecule has 1 aromatic heterocycles. The van der Waals surface area contributed by atoms with E-state index in [2.05, 4.69) is 25.9 Å². The predicted octanol–water partition coefficient (Wildman–Crippen LogP) is 2.48. The first-order valence-corrected chi connectivity index (χ1v) is 11.7. The van der Waals surface area contributed by atoms with Crippen LogP contribution in [0.2, 0.25) is 0 Å². The minimum Gasteiger partial charge on any atom is -0.494 e. The van der Waals surface area contributed by atoms with Gasteiger partial charge in [0, 0.05) is 11.3 Å². The first kappa shape index (κ1) is 26.4. The van der Waals surface area contributed by atoms with Crippen molar-refractivity contribution in [3.8, 4) is 29.5 Å². The van der Waals surface area contributed by atoms with Gasteiger partial charge in [-0.15, -0.1) is 0 Å². The van der Waals surface area contributed by atoms with Crippen LogP contribution in [0.15, 0.2) is 47.5 Å². The Morgan fingerprint density at radius 1 is 1.13 bits per heavy atom. The number of rotatable bonds is 8. The summed E-state index contributed by atoms with van der Waals surface area (Å²) in [6.45, 7) is 2.17. The molecule has 0 saturated heterocycles. The number of amides is 1. The number of benzene rings is 2. The summed E-state index contributed by atoms with van der Waals surface area (Å²) in [6, 6.07) is 13.2. The Balaban J connectivity index is 1.56. The van der Waals surface area contributed by atoms with Crippen molar-refractivity contribution in [2.24, 2.45) is 4.99 Å². The van der Waals surface area contributed by atoms with Gasteiger partial charge in [0.05, 0.1) is 19.4 Å². The number of aliphatic imine (C=N–C) groups is 1. The Morgan fingerprint density at radius 2 is 1.90 bits per heavy atom. The zero-order chi connectivity index (χ0) is 27.9. The van der Waals surface area contributed by atoms with E-state index < -0.39 is 6.04 Å². The van der Waals surface area contributed by atoms with Crippen molar-refractivity contribution in [3.63, 3.8) is 0 Å². The Hall–Kier alpha value is -5.69. The van der Waals surface area contributed by atoms with E-state index in [1.165, 1.54) is 7.11 Å². The van der Waals surface area contributed by atoms with Crippen LogP contribution in [0.25, 0.3) is 0 Å². The van der Waals surface area contributed by atoms with Crippen LogP contribution in [0, 0.1) is 22.8 Å². The molecular formula is C26H25N9O4. The number of ether oxygens (including phenoxy) is 3. The molecule has 1 aliphatic rings. The van der Waals surface area contributed by atoms with Gasteiger partial charge in [0.15, 0.2) is 24.3 Å². The third kappa shape index (κ3) is 5.68. The normalized spacial score (nSPS) is 13.4. The maximum atomic E-state index is 12.4. The monoisotopic (exact) mass is 527 g/mol. The summed E-state index contributed by atoms with van der Waals surface area (Å²) in [5.41, 5.74) is 13.9. The fraction of sp³-hybridized carbons (Fsp3) is 0.192. The molecule has 1 unspecified atom stereocenters. The van der Waals surface area contributed by atoms with Gasteiger partial charge in [-0.3, -0.25) is 10.1 Å². The average Bonchev–Trinajstić information content (AvgIpc) is 2.93. The predicted molar refractivity (Wildman–Crippen MR) is 144 cm³/mol.